The van der Waals surface area contributed by atoms with Crippen molar-refractivity contribution in [1.82, 2.24) is 0 Å². The second-order valence-electron chi connectivity index (χ2n) is 2.29. The first-order valence-electron chi connectivity index (χ1n) is 3.14. The molecule has 0 amide bonds. The van der Waals surface area contributed by atoms with Gasteiger partial charge in [0.25, 0.3) is 0 Å². The first-order chi connectivity index (χ1) is 5.16. The van der Waals surface area contributed by atoms with Crippen LogP contribution in [0.1, 0.15) is 0 Å². The first-order valence-corrected chi connectivity index (χ1v) is 3.94. The fourth-order valence-corrected chi connectivity index (χ4v) is 1.48. The Balaban J connectivity index is 2.52. The van der Waals surface area contributed by atoms with E-state index in [-0.39, 0.29) is 6.61 Å². The Morgan fingerprint density at radius 1 is 1.18 bits per heavy atom. The highest BCUT2D eigenvalue weighted by Gasteiger charge is 2.38. The fraction of sp³-hybridized carbons (Fsp3) is 1.00. The summed E-state index contributed by atoms with van der Waals surface area (Å²) in [5.41, 5.74) is -1.15. The molecule has 0 aromatic carbocycles. The van der Waals surface area contributed by atoms with Gasteiger partial charge >= 0.3 is 0 Å². The third kappa shape index (κ3) is 1.84. The van der Waals surface area contributed by atoms with E-state index in [2.05, 4.69) is 0 Å². The highest BCUT2D eigenvalue weighted by atomic mass is 32.2. The van der Waals surface area contributed by atoms with Crippen LogP contribution in [0.5, 0.6) is 0 Å². The van der Waals surface area contributed by atoms with Crippen molar-refractivity contribution in [3.05, 3.63) is 0 Å². The average molecular weight is 182 g/mol. The summed E-state index contributed by atoms with van der Waals surface area (Å²) in [5, 5.41) is 35.6. The summed E-state index contributed by atoms with van der Waals surface area (Å²) in [6, 6.07) is 0. The molecule has 0 saturated carbocycles. The van der Waals surface area contributed by atoms with Crippen molar-refractivity contribution in [2.75, 3.05) is 6.61 Å². The van der Waals surface area contributed by atoms with Crippen molar-refractivity contribution in [2.24, 2.45) is 0 Å². The van der Waals surface area contributed by atoms with Crippen LogP contribution >= 0.6 is 12.0 Å². The summed E-state index contributed by atoms with van der Waals surface area (Å²) < 4.78 is 4.73. The summed E-state index contributed by atoms with van der Waals surface area (Å²) in [5.74, 6) is 0. The Kier molecular flexibility index (Phi) is 3.11. The number of hydrogen-bond acceptors (Lipinski definition) is 6. The molecule has 1 aliphatic rings. The molecule has 0 bridgehead atoms. The van der Waals surface area contributed by atoms with Gasteiger partial charge < -0.3 is 24.6 Å². The van der Waals surface area contributed by atoms with Gasteiger partial charge in [0.2, 0.25) is 0 Å². The molecule has 1 aliphatic heterocycles. The average Bonchev–Trinajstić information content (AvgIpc) is 2.01. The molecule has 0 aliphatic carbocycles. The van der Waals surface area contributed by atoms with Gasteiger partial charge in [0.05, 0.1) is 6.61 Å². The molecule has 4 atom stereocenters. The smallest absolute Gasteiger partial charge is 0.153 e. The van der Waals surface area contributed by atoms with Gasteiger partial charge in [-0.2, -0.15) is 0 Å². The SMILES string of the molecule is OCC1OSC(O)C(O)[C@@H]1O. The lowest BCUT2D eigenvalue weighted by atomic mass is 10.1. The Labute approximate surface area is 67.8 Å². The van der Waals surface area contributed by atoms with Crippen LogP contribution in [0, 0.1) is 0 Å². The lowest BCUT2D eigenvalue weighted by Crippen LogP contribution is -2.49. The molecule has 66 valence electrons. The number of aliphatic hydroxyl groups excluding tert-OH is 4. The molecule has 6 heteroatoms. The molecular weight excluding hydrogens is 172 g/mol. The molecule has 3 unspecified atom stereocenters. The third-order valence-corrected chi connectivity index (χ3v) is 2.32. The molecule has 0 aromatic heterocycles. The van der Waals surface area contributed by atoms with E-state index in [0.29, 0.717) is 12.0 Å². The second-order valence-corrected chi connectivity index (χ2v) is 3.15. The molecule has 1 fully saturated rings. The van der Waals surface area contributed by atoms with Crippen molar-refractivity contribution < 1.29 is 24.6 Å². The van der Waals surface area contributed by atoms with Crippen molar-refractivity contribution in [1.29, 1.82) is 0 Å². The van der Waals surface area contributed by atoms with Crippen LogP contribution in [0.25, 0.3) is 0 Å². The molecule has 11 heavy (non-hydrogen) atoms. The first kappa shape index (κ1) is 9.24. The zero-order chi connectivity index (χ0) is 8.43. The van der Waals surface area contributed by atoms with E-state index in [4.69, 9.17) is 24.6 Å². The van der Waals surface area contributed by atoms with Crippen LogP contribution in [0.4, 0.5) is 0 Å². The van der Waals surface area contributed by atoms with Crippen LogP contribution in [-0.4, -0.2) is 50.8 Å². The van der Waals surface area contributed by atoms with Crippen LogP contribution in [0.15, 0.2) is 0 Å². The van der Waals surface area contributed by atoms with Gasteiger partial charge in [0.1, 0.15) is 18.3 Å². The summed E-state index contributed by atoms with van der Waals surface area (Å²) in [6.45, 7) is -0.377. The number of hydrogen-bond donors (Lipinski definition) is 4. The standard InChI is InChI=1S/C5H10O5S/c6-1-2-3(7)4(8)5(9)11-10-2/h2-9H,1H2/t2?,3-,4?,5?/m1/s1. The van der Waals surface area contributed by atoms with Gasteiger partial charge in [-0.05, 0) is 0 Å². The van der Waals surface area contributed by atoms with E-state index in [0.717, 1.165) is 0 Å². The molecular formula is C5H10O5S. The second kappa shape index (κ2) is 3.70. The largest absolute Gasteiger partial charge is 0.394 e. The maximum Gasteiger partial charge on any atom is 0.153 e. The van der Waals surface area contributed by atoms with E-state index in [9.17, 15) is 0 Å². The monoisotopic (exact) mass is 182 g/mol. The van der Waals surface area contributed by atoms with Gasteiger partial charge in [0.15, 0.2) is 5.44 Å². The lowest BCUT2D eigenvalue weighted by molar-refractivity contribution is -0.101. The quantitative estimate of drug-likeness (QED) is 0.353. The Hall–Kier alpha value is 0.150. The minimum atomic E-state index is -1.26. The van der Waals surface area contributed by atoms with Gasteiger partial charge in [-0.3, -0.25) is 0 Å². The van der Waals surface area contributed by atoms with Gasteiger partial charge in [0, 0.05) is 12.0 Å². The maximum absolute atomic E-state index is 9.10. The van der Waals surface area contributed by atoms with Gasteiger partial charge in [-0.15, -0.1) is 0 Å². The summed E-state index contributed by atoms with van der Waals surface area (Å²) in [4.78, 5) is 0. The highest BCUT2D eigenvalue weighted by Crippen LogP contribution is 2.26. The van der Waals surface area contributed by atoms with Crippen LogP contribution in [0.2, 0.25) is 0 Å². The highest BCUT2D eigenvalue weighted by molar-refractivity contribution is 7.95. The van der Waals surface area contributed by atoms with Gasteiger partial charge in [-0.25, -0.2) is 0 Å². The zero-order valence-corrected chi connectivity index (χ0v) is 6.44. The van der Waals surface area contributed by atoms with Crippen molar-refractivity contribution in [3.8, 4) is 0 Å². The molecule has 1 rings (SSSR count). The predicted octanol–water partition coefficient (Wildman–Crippen LogP) is -1.93. The van der Waals surface area contributed by atoms with Crippen molar-refractivity contribution in [3.63, 3.8) is 0 Å². The molecule has 5 nitrogen and oxygen atoms in total. The number of rotatable bonds is 1. The summed E-state index contributed by atoms with van der Waals surface area (Å²) in [6.07, 6.45) is -3.31. The predicted molar refractivity (Wildman–Crippen MR) is 37.6 cm³/mol. The molecule has 1 saturated heterocycles. The normalized spacial score (nSPS) is 45.8. The fourth-order valence-electron chi connectivity index (χ4n) is 0.769. The minimum absolute atomic E-state index is 0.377. The van der Waals surface area contributed by atoms with Gasteiger partial charge in [-0.1, -0.05) is 0 Å². The topological polar surface area (TPSA) is 90.2 Å². The zero-order valence-electron chi connectivity index (χ0n) is 5.62. The van der Waals surface area contributed by atoms with Crippen LogP contribution < -0.4 is 0 Å². The van der Waals surface area contributed by atoms with E-state index in [1.54, 1.807) is 0 Å². The van der Waals surface area contributed by atoms with E-state index in [1.807, 2.05) is 0 Å². The molecule has 0 aromatic rings. The van der Waals surface area contributed by atoms with E-state index < -0.39 is 23.7 Å². The number of aliphatic hydroxyl groups is 4. The maximum atomic E-state index is 9.10. The molecule has 4 N–H and O–H groups in total. The molecule has 0 radical (unpaired) electrons. The van der Waals surface area contributed by atoms with Crippen molar-refractivity contribution in [2.45, 2.75) is 23.7 Å². The molecule has 1 heterocycles. The van der Waals surface area contributed by atoms with Crippen LogP contribution in [-0.2, 0) is 4.18 Å². The third-order valence-electron chi connectivity index (χ3n) is 1.48. The summed E-state index contributed by atoms with van der Waals surface area (Å²) in [7, 11) is 0. The van der Waals surface area contributed by atoms with E-state index in [1.165, 1.54) is 0 Å². The van der Waals surface area contributed by atoms with E-state index >= 15 is 0 Å². The molecule has 0 spiro atoms. The lowest BCUT2D eigenvalue weighted by Gasteiger charge is -2.32. The van der Waals surface area contributed by atoms with Crippen molar-refractivity contribution >= 4 is 12.0 Å². The van der Waals surface area contributed by atoms with Crippen LogP contribution in [0.3, 0.4) is 0 Å². The minimum Gasteiger partial charge on any atom is -0.394 e. The Morgan fingerprint density at radius 3 is 2.36 bits per heavy atom. The Morgan fingerprint density at radius 2 is 1.82 bits per heavy atom. The summed E-state index contributed by atoms with van der Waals surface area (Å²) >= 11 is 0.648. The Bertz CT molecular complexity index is 130.